The molecule has 0 saturated carbocycles. The molecule has 6 heteroatoms. The lowest BCUT2D eigenvalue weighted by molar-refractivity contribution is -0.141. The Morgan fingerprint density at radius 2 is 0.848 bits per heavy atom. The van der Waals surface area contributed by atoms with Crippen molar-refractivity contribution in [2.45, 2.75) is 71.6 Å². The van der Waals surface area contributed by atoms with E-state index in [-0.39, 0.29) is 35.4 Å². The average Bonchev–Trinajstić information content (AvgIpc) is 3.02. The summed E-state index contributed by atoms with van der Waals surface area (Å²) in [6.07, 6.45) is 1.36. The van der Waals surface area contributed by atoms with E-state index in [1.54, 1.807) is 6.08 Å². The van der Waals surface area contributed by atoms with Crippen molar-refractivity contribution in [1.82, 2.24) is 0 Å². The summed E-state index contributed by atoms with van der Waals surface area (Å²) in [7, 11) is -5.74. The second kappa shape index (κ2) is 14.9. The topological polar surface area (TPSA) is 44.8 Å². The summed E-state index contributed by atoms with van der Waals surface area (Å²) in [6.45, 7) is 17.7. The van der Waals surface area contributed by atoms with Crippen LogP contribution in [-0.2, 0) is 18.4 Å². The minimum absolute atomic E-state index is 0.210. The maximum Gasteiger partial charge on any atom is 0.331 e. The van der Waals surface area contributed by atoms with Crippen molar-refractivity contribution in [3.05, 3.63) is 133 Å². The maximum atomic E-state index is 13.2. The molecule has 0 bridgehead atoms. The van der Waals surface area contributed by atoms with Gasteiger partial charge in [-0.3, -0.25) is 0 Å². The van der Waals surface area contributed by atoms with Crippen LogP contribution in [0.2, 0.25) is 10.1 Å². The number of rotatable bonds is 12. The molecular formula is C40H50O4Si2. The van der Waals surface area contributed by atoms with Crippen molar-refractivity contribution >= 4 is 43.4 Å². The zero-order valence-corrected chi connectivity index (χ0v) is 30.7. The van der Waals surface area contributed by atoms with Gasteiger partial charge in [0.2, 0.25) is 0 Å². The van der Waals surface area contributed by atoms with E-state index in [1.807, 2.05) is 38.1 Å². The number of carbonyl (C=O) groups is 1. The van der Waals surface area contributed by atoms with Crippen LogP contribution >= 0.6 is 0 Å². The Bertz CT molecular complexity index is 1370. The van der Waals surface area contributed by atoms with E-state index in [0.29, 0.717) is 0 Å². The van der Waals surface area contributed by atoms with Crippen LogP contribution in [0.4, 0.5) is 0 Å². The molecule has 0 fully saturated rings. The summed E-state index contributed by atoms with van der Waals surface area (Å²) in [5, 5.41) is 4.32. The molecule has 46 heavy (non-hydrogen) atoms. The number of hydrogen-bond acceptors (Lipinski definition) is 4. The molecule has 0 aliphatic heterocycles. The summed E-state index contributed by atoms with van der Waals surface area (Å²) in [5.41, 5.74) is 0.756. The standard InChI is InChI=1S/C40H50O4Si2/c1-32(2)44-38(41)29-33(30-42-45(39(3,4)5,34-21-13-9-14-22-34)35-23-15-10-16-24-35)31-43-46(40(6,7)8,36-25-17-11-18-26-36)37-27-19-12-20-28-37/h9-29,32H,30-31H2,1-8H3. The number of ether oxygens (including phenoxy) is 1. The van der Waals surface area contributed by atoms with Crippen molar-refractivity contribution in [2.24, 2.45) is 0 Å². The Kier molecular flexibility index (Phi) is 11.4. The minimum atomic E-state index is -2.87. The van der Waals surface area contributed by atoms with E-state index in [4.69, 9.17) is 13.6 Å². The molecule has 0 spiro atoms. The zero-order valence-electron chi connectivity index (χ0n) is 28.7. The van der Waals surface area contributed by atoms with Crippen molar-refractivity contribution < 1.29 is 18.4 Å². The maximum absolute atomic E-state index is 13.2. The van der Waals surface area contributed by atoms with E-state index in [0.717, 1.165) is 5.57 Å². The third kappa shape index (κ3) is 7.69. The van der Waals surface area contributed by atoms with Gasteiger partial charge in [-0.15, -0.1) is 0 Å². The first-order valence-corrected chi connectivity index (χ1v) is 20.0. The van der Waals surface area contributed by atoms with E-state index < -0.39 is 16.6 Å². The summed E-state index contributed by atoms with van der Waals surface area (Å²) >= 11 is 0. The van der Waals surface area contributed by atoms with Crippen molar-refractivity contribution in [3.8, 4) is 0 Å². The van der Waals surface area contributed by atoms with Gasteiger partial charge in [0, 0.05) is 6.08 Å². The van der Waals surface area contributed by atoms with Crippen LogP contribution in [0.25, 0.3) is 0 Å². The van der Waals surface area contributed by atoms with Crippen molar-refractivity contribution in [2.75, 3.05) is 13.2 Å². The van der Waals surface area contributed by atoms with Gasteiger partial charge in [-0.1, -0.05) is 163 Å². The predicted molar refractivity (Wildman–Crippen MR) is 196 cm³/mol. The quantitative estimate of drug-likeness (QED) is 0.0940. The molecule has 0 amide bonds. The Balaban J connectivity index is 1.82. The van der Waals surface area contributed by atoms with Gasteiger partial charge in [-0.05, 0) is 50.2 Å². The molecular weight excluding hydrogens is 601 g/mol. The molecule has 4 nitrogen and oxygen atoms in total. The molecule has 0 atom stereocenters. The second-order valence-electron chi connectivity index (χ2n) is 14.2. The molecule has 0 N–H and O–H groups in total. The van der Waals surface area contributed by atoms with Gasteiger partial charge in [0.25, 0.3) is 16.6 Å². The first-order chi connectivity index (χ1) is 21.8. The lowest BCUT2D eigenvalue weighted by Crippen LogP contribution is -2.67. The van der Waals surface area contributed by atoms with Crippen LogP contribution in [-0.4, -0.2) is 41.9 Å². The third-order valence-corrected chi connectivity index (χ3v) is 18.4. The lowest BCUT2D eigenvalue weighted by Gasteiger charge is -2.44. The summed E-state index contributed by atoms with van der Waals surface area (Å²) in [4.78, 5) is 13.2. The average molecular weight is 651 g/mol. The van der Waals surface area contributed by atoms with E-state index in [9.17, 15) is 4.79 Å². The highest BCUT2D eigenvalue weighted by Crippen LogP contribution is 2.39. The predicted octanol–water partition coefficient (Wildman–Crippen LogP) is 7.02. The fraction of sp³-hybridized carbons (Fsp3) is 0.325. The first kappa shape index (κ1) is 35.3. The normalized spacial score (nSPS) is 12.5. The van der Waals surface area contributed by atoms with Crippen LogP contribution < -0.4 is 20.7 Å². The molecule has 0 unspecified atom stereocenters. The molecule has 0 aliphatic carbocycles. The van der Waals surface area contributed by atoms with Gasteiger partial charge in [0.1, 0.15) is 0 Å². The van der Waals surface area contributed by atoms with Crippen LogP contribution in [0, 0.1) is 0 Å². The first-order valence-electron chi connectivity index (χ1n) is 16.2. The van der Waals surface area contributed by atoms with E-state index >= 15 is 0 Å². The largest absolute Gasteiger partial charge is 0.460 e. The molecule has 0 radical (unpaired) electrons. The Morgan fingerprint density at radius 1 is 0.565 bits per heavy atom. The number of hydrogen-bond donors (Lipinski definition) is 0. The number of esters is 1. The molecule has 242 valence electrons. The molecule has 4 aromatic carbocycles. The van der Waals surface area contributed by atoms with Crippen molar-refractivity contribution in [3.63, 3.8) is 0 Å². The van der Waals surface area contributed by atoms with Gasteiger partial charge in [-0.25, -0.2) is 4.79 Å². The molecule has 4 aromatic rings. The molecule has 0 heterocycles. The smallest absolute Gasteiger partial charge is 0.331 e. The monoisotopic (exact) mass is 650 g/mol. The number of benzene rings is 4. The highest BCUT2D eigenvalue weighted by molar-refractivity contribution is 7.00. The van der Waals surface area contributed by atoms with Gasteiger partial charge in [0.15, 0.2) is 0 Å². The highest BCUT2D eigenvalue weighted by atomic mass is 28.4. The minimum Gasteiger partial charge on any atom is -0.460 e. The van der Waals surface area contributed by atoms with E-state index in [2.05, 4.69) is 139 Å². The Labute approximate surface area is 278 Å². The Hall–Kier alpha value is -3.56. The summed E-state index contributed by atoms with van der Waals surface area (Å²) in [6, 6.07) is 42.3. The Morgan fingerprint density at radius 3 is 1.09 bits per heavy atom. The van der Waals surface area contributed by atoms with Crippen LogP contribution in [0.15, 0.2) is 133 Å². The molecule has 0 aliphatic rings. The van der Waals surface area contributed by atoms with E-state index in [1.165, 1.54) is 20.7 Å². The van der Waals surface area contributed by atoms with Gasteiger partial charge in [0.05, 0.1) is 19.3 Å². The van der Waals surface area contributed by atoms with Crippen molar-refractivity contribution in [1.29, 1.82) is 0 Å². The summed E-state index contributed by atoms with van der Waals surface area (Å²) in [5.74, 6) is -0.387. The zero-order chi connectivity index (χ0) is 33.4. The molecule has 0 aromatic heterocycles. The fourth-order valence-corrected chi connectivity index (χ4v) is 15.6. The van der Waals surface area contributed by atoms with Crippen LogP contribution in [0.1, 0.15) is 55.4 Å². The van der Waals surface area contributed by atoms with Crippen LogP contribution in [0.3, 0.4) is 0 Å². The molecule has 4 rings (SSSR count). The summed E-state index contributed by atoms with van der Waals surface area (Å²) < 4.78 is 20.2. The van der Waals surface area contributed by atoms with Gasteiger partial charge >= 0.3 is 5.97 Å². The fourth-order valence-electron chi connectivity index (χ4n) is 6.48. The highest BCUT2D eigenvalue weighted by Gasteiger charge is 2.52. The van der Waals surface area contributed by atoms with Gasteiger partial charge in [-0.2, -0.15) is 0 Å². The SMILES string of the molecule is CC(C)OC(=O)C=C(CO[Si](c1ccccc1)(c1ccccc1)C(C)(C)C)CO[Si](c1ccccc1)(c1ccccc1)C(C)(C)C. The lowest BCUT2D eigenvalue weighted by atomic mass is 10.2. The second-order valence-corrected chi connectivity index (χ2v) is 22.8. The third-order valence-electron chi connectivity index (χ3n) is 8.46. The van der Waals surface area contributed by atoms with Crippen LogP contribution in [0.5, 0.6) is 0 Å². The molecule has 0 saturated heterocycles. The van der Waals surface area contributed by atoms with Gasteiger partial charge < -0.3 is 13.6 Å². The number of carbonyl (C=O) groups excluding carboxylic acids is 1.